The summed E-state index contributed by atoms with van der Waals surface area (Å²) in [6.07, 6.45) is 0. The second kappa shape index (κ2) is 11.3. The van der Waals surface area contributed by atoms with Crippen LogP contribution in [0.1, 0.15) is 20.8 Å². The highest BCUT2D eigenvalue weighted by Gasteiger charge is 1.65. The smallest absolute Gasteiger partial charge is 0.0853 e. The summed E-state index contributed by atoms with van der Waals surface area (Å²) in [6.45, 7) is 10.9. The normalized spacial score (nSPS) is 7.60. The van der Waals surface area contributed by atoms with Gasteiger partial charge in [-0.3, -0.25) is 0 Å². The van der Waals surface area contributed by atoms with Gasteiger partial charge in [-0.1, -0.05) is 6.58 Å². The van der Waals surface area contributed by atoms with E-state index in [1.807, 2.05) is 13.8 Å². The maximum absolute atomic E-state index is 4.83. The van der Waals surface area contributed by atoms with Crippen LogP contribution < -0.4 is 0 Å². The van der Waals surface area contributed by atoms with E-state index < -0.39 is 0 Å². The van der Waals surface area contributed by atoms with Gasteiger partial charge in [0.25, 0.3) is 0 Å². The average molecular weight is 146 g/mol. The molecule has 0 heterocycles. The molecule has 62 valence electrons. The number of hydrogen-bond acceptors (Lipinski definition) is 2. The Labute approximate surface area is 63.8 Å². The van der Waals surface area contributed by atoms with Crippen LogP contribution in [0.15, 0.2) is 12.3 Å². The topological polar surface area (TPSA) is 18.5 Å². The monoisotopic (exact) mass is 146 g/mol. The van der Waals surface area contributed by atoms with Crippen molar-refractivity contribution in [2.24, 2.45) is 0 Å². The van der Waals surface area contributed by atoms with Gasteiger partial charge in [-0.05, 0) is 20.8 Å². The lowest BCUT2D eigenvalue weighted by atomic mass is 10.7. The highest BCUT2D eigenvalue weighted by Crippen LogP contribution is 1.80. The molecule has 0 bridgehead atoms. The molecule has 0 aliphatic rings. The van der Waals surface area contributed by atoms with Crippen molar-refractivity contribution in [3.8, 4) is 0 Å². The number of ether oxygens (including phenoxy) is 2. The molecule has 0 fully saturated rings. The van der Waals surface area contributed by atoms with Gasteiger partial charge in [0.2, 0.25) is 0 Å². The quantitative estimate of drug-likeness (QED) is 0.568. The fraction of sp³-hybridized carbons (Fsp3) is 0.750. The fourth-order valence-electron chi connectivity index (χ4n) is 0.204. The standard InChI is InChI=1S/C4H8O.C4H10O/c1-4(2)5-3;1-3-5-4-2/h1H2,2-3H3;3-4H2,1-2H3. The molecular formula is C8H18O2. The van der Waals surface area contributed by atoms with Crippen molar-refractivity contribution in [1.82, 2.24) is 0 Å². The first kappa shape index (κ1) is 12.2. The summed E-state index contributed by atoms with van der Waals surface area (Å²) in [5.41, 5.74) is 0. The van der Waals surface area contributed by atoms with E-state index in [1.165, 1.54) is 0 Å². The lowest BCUT2D eigenvalue weighted by Gasteiger charge is -1.88. The van der Waals surface area contributed by atoms with Gasteiger partial charge < -0.3 is 9.47 Å². The Morgan fingerprint density at radius 1 is 1.30 bits per heavy atom. The summed E-state index contributed by atoms with van der Waals surface area (Å²) in [4.78, 5) is 0. The zero-order chi connectivity index (χ0) is 8.41. The molecule has 0 aromatic rings. The zero-order valence-corrected chi connectivity index (χ0v) is 7.44. The third-order valence-corrected chi connectivity index (χ3v) is 0.757. The Morgan fingerprint density at radius 2 is 1.60 bits per heavy atom. The summed E-state index contributed by atoms with van der Waals surface area (Å²) in [7, 11) is 1.60. The molecule has 0 rings (SSSR count). The van der Waals surface area contributed by atoms with Crippen LogP contribution in [0, 0.1) is 0 Å². The van der Waals surface area contributed by atoms with Gasteiger partial charge in [-0.15, -0.1) is 0 Å². The van der Waals surface area contributed by atoms with Gasteiger partial charge in [-0.2, -0.15) is 0 Å². The third-order valence-electron chi connectivity index (χ3n) is 0.757. The molecule has 0 aromatic carbocycles. The number of hydrogen-bond donors (Lipinski definition) is 0. The second-order valence-corrected chi connectivity index (χ2v) is 1.69. The molecule has 0 aliphatic heterocycles. The van der Waals surface area contributed by atoms with Crippen molar-refractivity contribution in [2.75, 3.05) is 20.3 Å². The second-order valence-electron chi connectivity index (χ2n) is 1.69. The molecule has 0 aromatic heterocycles. The largest absolute Gasteiger partial charge is 0.502 e. The summed E-state index contributed by atoms with van der Waals surface area (Å²) in [6, 6.07) is 0. The van der Waals surface area contributed by atoms with Crippen LogP contribution in [0.3, 0.4) is 0 Å². The van der Waals surface area contributed by atoms with Crippen molar-refractivity contribution in [2.45, 2.75) is 20.8 Å². The fourth-order valence-corrected chi connectivity index (χ4v) is 0.204. The molecule has 0 amide bonds. The van der Waals surface area contributed by atoms with E-state index >= 15 is 0 Å². The third kappa shape index (κ3) is 25.9. The highest BCUT2D eigenvalue weighted by atomic mass is 16.5. The Hall–Kier alpha value is -0.500. The Kier molecular flexibility index (Phi) is 13.8. The molecule has 2 heteroatoms. The van der Waals surface area contributed by atoms with Gasteiger partial charge in [-0.25, -0.2) is 0 Å². The van der Waals surface area contributed by atoms with Gasteiger partial charge >= 0.3 is 0 Å². The van der Waals surface area contributed by atoms with E-state index in [2.05, 4.69) is 11.3 Å². The van der Waals surface area contributed by atoms with E-state index in [1.54, 1.807) is 14.0 Å². The number of methoxy groups -OCH3 is 1. The first-order valence-corrected chi connectivity index (χ1v) is 3.46. The van der Waals surface area contributed by atoms with Gasteiger partial charge in [0.05, 0.1) is 12.9 Å². The predicted octanol–water partition coefficient (Wildman–Crippen LogP) is 2.21. The molecule has 10 heavy (non-hydrogen) atoms. The molecule has 0 unspecified atom stereocenters. The van der Waals surface area contributed by atoms with Gasteiger partial charge in [0.15, 0.2) is 0 Å². The van der Waals surface area contributed by atoms with Crippen LogP contribution in [0.5, 0.6) is 0 Å². The predicted molar refractivity (Wildman–Crippen MR) is 44.0 cm³/mol. The van der Waals surface area contributed by atoms with Crippen molar-refractivity contribution in [3.05, 3.63) is 12.3 Å². The van der Waals surface area contributed by atoms with E-state index in [4.69, 9.17) is 4.74 Å². The first-order valence-electron chi connectivity index (χ1n) is 3.46. The maximum Gasteiger partial charge on any atom is 0.0853 e. The average Bonchev–Trinajstić information content (AvgIpc) is 1.91. The van der Waals surface area contributed by atoms with E-state index in [0.29, 0.717) is 0 Å². The van der Waals surface area contributed by atoms with Crippen LogP contribution in [0.4, 0.5) is 0 Å². The van der Waals surface area contributed by atoms with Crippen LogP contribution in [-0.4, -0.2) is 20.3 Å². The van der Waals surface area contributed by atoms with Crippen LogP contribution >= 0.6 is 0 Å². The van der Waals surface area contributed by atoms with Crippen molar-refractivity contribution >= 4 is 0 Å². The summed E-state index contributed by atoms with van der Waals surface area (Å²) < 4.78 is 9.39. The van der Waals surface area contributed by atoms with Crippen molar-refractivity contribution in [3.63, 3.8) is 0 Å². The van der Waals surface area contributed by atoms with E-state index in [-0.39, 0.29) is 0 Å². The maximum atomic E-state index is 4.83. The van der Waals surface area contributed by atoms with E-state index in [0.717, 1.165) is 19.0 Å². The number of rotatable bonds is 3. The lowest BCUT2D eigenvalue weighted by Crippen LogP contribution is -1.84. The van der Waals surface area contributed by atoms with E-state index in [9.17, 15) is 0 Å². The van der Waals surface area contributed by atoms with Gasteiger partial charge in [0, 0.05) is 13.2 Å². The summed E-state index contributed by atoms with van der Waals surface area (Å²) in [5, 5.41) is 0. The Balaban J connectivity index is 0. The minimum atomic E-state index is 0.755. The number of allylic oxidation sites excluding steroid dienone is 1. The zero-order valence-electron chi connectivity index (χ0n) is 7.44. The van der Waals surface area contributed by atoms with Crippen molar-refractivity contribution in [1.29, 1.82) is 0 Å². The van der Waals surface area contributed by atoms with Crippen molar-refractivity contribution < 1.29 is 9.47 Å². The Bertz CT molecular complexity index is 67.7. The molecule has 0 saturated carbocycles. The molecule has 0 aliphatic carbocycles. The Morgan fingerprint density at radius 3 is 1.60 bits per heavy atom. The van der Waals surface area contributed by atoms with Crippen LogP contribution in [0.25, 0.3) is 0 Å². The first-order chi connectivity index (χ1) is 4.68. The summed E-state index contributed by atoms with van der Waals surface area (Å²) >= 11 is 0. The molecular weight excluding hydrogens is 128 g/mol. The van der Waals surface area contributed by atoms with Gasteiger partial charge in [0.1, 0.15) is 0 Å². The van der Waals surface area contributed by atoms with Crippen LogP contribution in [0.2, 0.25) is 0 Å². The SMILES string of the molecule is C=C(C)OC.CCOCC. The minimum Gasteiger partial charge on any atom is -0.502 e. The minimum absolute atomic E-state index is 0.755. The summed E-state index contributed by atoms with van der Waals surface area (Å²) in [5.74, 6) is 0.755. The molecule has 0 radical (unpaired) electrons. The molecule has 0 atom stereocenters. The highest BCUT2D eigenvalue weighted by molar-refractivity contribution is 4.71. The molecule has 0 saturated heterocycles. The molecule has 0 spiro atoms. The molecule has 2 nitrogen and oxygen atoms in total. The lowest BCUT2D eigenvalue weighted by molar-refractivity contribution is 0.162. The van der Waals surface area contributed by atoms with Crippen LogP contribution in [-0.2, 0) is 9.47 Å². The molecule has 0 N–H and O–H groups in total.